The van der Waals surface area contributed by atoms with Crippen LogP contribution in [0, 0.1) is 0 Å². The third-order valence-electron chi connectivity index (χ3n) is 5.07. The first-order chi connectivity index (χ1) is 11.8. The van der Waals surface area contributed by atoms with Crippen molar-refractivity contribution in [3.63, 3.8) is 0 Å². The van der Waals surface area contributed by atoms with Gasteiger partial charge in [0.2, 0.25) is 5.91 Å². The molecule has 2 aliphatic rings. The molecule has 2 N–H and O–H groups in total. The molecule has 138 valence electrons. The first kappa shape index (κ1) is 18.2. The monoisotopic (exact) mass is 356 g/mol. The van der Waals surface area contributed by atoms with E-state index in [9.17, 15) is 23.1 Å². The number of carbonyl (C=O) groups excluding carboxylic acids is 1. The SMILES string of the molecule is O=C(CN1C[C@H](O)C[C@H]1c1ccccc1C(F)(F)F)NC1CCCC1. The summed E-state index contributed by atoms with van der Waals surface area (Å²) in [4.78, 5) is 13.9. The topological polar surface area (TPSA) is 52.6 Å². The highest BCUT2D eigenvalue weighted by molar-refractivity contribution is 5.78. The first-order valence-corrected chi connectivity index (χ1v) is 8.72. The zero-order valence-electron chi connectivity index (χ0n) is 13.9. The molecule has 1 aliphatic carbocycles. The first-order valence-electron chi connectivity index (χ1n) is 8.72. The Morgan fingerprint density at radius 3 is 2.60 bits per heavy atom. The van der Waals surface area contributed by atoms with Gasteiger partial charge in [-0.15, -0.1) is 0 Å². The minimum absolute atomic E-state index is 0.00438. The van der Waals surface area contributed by atoms with Crippen molar-refractivity contribution in [3.8, 4) is 0 Å². The van der Waals surface area contributed by atoms with E-state index in [2.05, 4.69) is 5.32 Å². The van der Waals surface area contributed by atoms with Crippen LogP contribution in [0.3, 0.4) is 0 Å². The highest BCUT2D eigenvalue weighted by Gasteiger charge is 2.40. The lowest BCUT2D eigenvalue weighted by molar-refractivity contribution is -0.138. The van der Waals surface area contributed by atoms with E-state index < -0.39 is 23.9 Å². The van der Waals surface area contributed by atoms with Crippen molar-refractivity contribution >= 4 is 5.91 Å². The van der Waals surface area contributed by atoms with Gasteiger partial charge in [-0.1, -0.05) is 31.0 Å². The maximum Gasteiger partial charge on any atom is 0.416 e. The molecule has 1 saturated heterocycles. The number of alkyl halides is 3. The zero-order valence-corrected chi connectivity index (χ0v) is 13.9. The fraction of sp³-hybridized carbons (Fsp3) is 0.611. The molecular weight excluding hydrogens is 333 g/mol. The second-order valence-electron chi connectivity index (χ2n) is 6.97. The van der Waals surface area contributed by atoms with E-state index >= 15 is 0 Å². The van der Waals surface area contributed by atoms with Gasteiger partial charge in [0.25, 0.3) is 0 Å². The van der Waals surface area contributed by atoms with Gasteiger partial charge in [0.15, 0.2) is 0 Å². The molecule has 2 atom stereocenters. The van der Waals surface area contributed by atoms with E-state index in [0.29, 0.717) is 0 Å². The Kier molecular flexibility index (Phi) is 5.34. The van der Waals surface area contributed by atoms with Crippen LogP contribution in [0.4, 0.5) is 13.2 Å². The van der Waals surface area contributed by atoms with E-state index in [4.69, 9.17) is 0 Å². The number of benzene rings is 1. The van der Waals surface area contributed by atoms with Crippen molar-refractivity contribution in [3.05, 3.63) is 35.4 Å². The third kappa shape index (κ3) is 4.33. The Labute approximate surface area is 145 Å². The summed E-state index contributed by atoms with van der Waals surface area (Å²) < 4.78 is 39.9. The quantitative estimate of drug-likeness (QED) is 0.872. The summed E-state index contributed by atoms with van der Waals surface area (Å²) in [6.45, 7) is 0.208. The second kappa shape index (κ2) is 7.33. The smallest absolute Gasteiger partial charge is 0.392 e. The number of nitrogens with one attached hydrogen (secondary N) is 1. The molecule has 0 unspecified atom stereocenters. The number of likely N-dealkylation sites (tertiary alicyclic amines) is 1. The highest BCUT2D eigenvalue weighted by atomic mass is 19.4. The molecule has 1 heterocycles. The number of aliphatic hydroxyl groups excluding tert-OH is 1. The summed E-state index contributed by atoms with van der Waals surface area (Å²) in [6.07, 6.45) is -0.899. The van der Waals surface area contributed by atoms with Gasteiger partial charge in [-0.05, 0) is 30.9 Å². The number of amides is 1. The molecule has 0 bridgehead atoms. The lowest BCUT2D eigenvalue weighted by Gasteiger charge is -2.27. The Bertz CT molecular complexity index is 615. The Morgan fingerprint density at radius 1 is 1.24 bits per heavy atom. The van der Waals surface area contributed by atoms with Crippen molar-refractivity contribution < 1.29 is 23.1 Å². The van der Waals surface area contributed by atoms with Gasteiger partial charge in [0, 0.05) is 18.6 Å². The van der Waals surface area contributed by atoms with E-state index in [1.807, 2.05) is 0 Å². The summed E-state index contributed by atoms with van der Waals surface area (Å²) in [7, 11) is 0. The van der Waals surface area contributed by atoms with Crippen molar-refractivity contribution in [2.75, 3.05) is 13.1 Å². The van der Waals surface area contributed by atoms with Crippen LogP contribution < -0.4 is 5.32 Å². The number of hydrogen-bond donors (Lipinski definition) is 2. The minimum Gasteiger partial charge on any atom is -0.392 e. The van der Waals surface area contributed by atoms with Gasteiger partial charge in [-0.25, -0.2) is 0 Å². The normalized spacial score (nSPS) is 25.4. The van der Waals surface area contributed by atoms with Gasteiger partial charge in [-0.3, -0.25) is 9.69 Å². The maximum atomic E-state index is 13.3. The fourth-order valence-corrected chi connectivity index (χ4v) is 3.95. The molecule has 4 nitrogen and oxygen atoms in total. The maximum absolute atomic E-state index is 13.3. The number of nitrogens with zero attached hydrogens (tertiary/aromatic N) is 1. The number of rotatable bonds is 4. The van der Waals surface area contributed by atoms with E-state index in [1.165, 1.54) is 12.1 Å². The van der Waals surface area contributed by atoms with Crippen LogP contribution in [-0.2, 0) is 11.0 Å². The van der Waals surface area contributed by atoms with Crippen molar-refractivity contribution in [2.24, 2.45) is 0 Å². The molecule has 25 heavy (non-hydrogen) atoms. The molecule has 7 heteroatoms. The molecule has 1 aromatic carbocycles. The standard InChI is InChI=1S/C18H23F3N2O2/c19-18(20,21)15-8-4-3-7-14(15)16-9-13(24)10-23(16)11-17(25)22-12-5-1-2-6-12/h3-4,7-8,12-13,16,24H,1-2,5-6,9-11H2,(H,22,25)/t13-,16+/m1/s1. The Hall–Kier alpha value is -1.60. The fourth-order valence-electron chi connectivity index (χ4n) is 3.95. The lowest BCUT2D eigenvalue weighted by atomic mass is 9.97. The number of aliphatic hydroxyl groups is 1. The van der Waals surface area contributed by atoms with E-state index in [1.54, 1.807) is 11.0 Å². The number of hydrogen-bond acceptors (Lipinski definition) is 3. The molecule has 3 rings (SSSR count). The largest absolute Gasteiger partial charge is 0.416 e. The highest BCUT2D eigenvalue weighted by Crippen LogP contribution is 2.40. The average Bonchev–Trinajstić information content (AvgIpc) is 3.16. The average molecular weight is 356 g/mol. The number of carbonyl (C=O) groups is 1. The van der Waals surface area contributed by atoms with Crippen LogP contribution in [0.2, 0.25) is 0 Å². The van der Waals surface area contributed by atoms with Gasteiger partial charge in [0.05, 0.1) is 18.2 Å². The van der Waals surface area contributed by atoms with Gasteiger partial charge < -0.3 is 10.4 Å². The van der Waals surface area contributed by atoms with Crippen LogP contribution in [0.5, 0.6) is 0 Å². The predicted octanol–water partition coefficient (Wildman–Crippen LogP) is 2.87. The molecule has 2 fully saturated rings. The van der Waals surface area contributed by atoms with Crippen molar-refractivity contribution in [1.82, 2.24) is 10.2 Å². The predicted molar refractivity (Wildman–Crippen MR) is 86.8 cm³/mol. The molecule has 0 radical (unpaired) electrons. The van der Waals surface area contributed by atoms with Gasteiger partial charge in [0.1, 0.15) is 0 Å². The van der Waals surface area contributed by atoms with Crippen molar-refractivity contribution in [2.45, 2.75) is 56.5 Å². The summed E-state index contributed by atoms with van der Waals surface area (Å²) in [5.74, 6) is -0.185. The summed E-state index contributed by atoms with van der Waals surface area (Å²) in [5, 5.41) is 12.9. The minimum atomic E-state index is -4.46. The van der Waals surface area contributed by atoms with Crippen LogP contribution >= 0.6 is 0 Å². The van der Waals surface area contributed by atoms with Crippen molar-refractivity contribution in [1.29, 1.82) is 0 Å². The summed E-state index contributed by atoms with van der Waals surface area (Å²) in [5.41, 5.74) is -0.574. The summed E-state index contributed by atoms with van der Waals surface area (Å²) >= 11 is 0. The molecule has 1 aliphatic heterocycles. The Balaban J connectivity index is 1.75. The third-order valence-corrected chi connectivity index (χ3v) is 5.07. The zero-order chi connectivity index (χ0) is 18.0. The van der Waals surface area contributed by atoms with Gasteiger partial charge >= 0.3 is 6.18 Å². The molecule has 1 amide bonds. The van der Waals surface area contributed by atoms with Crippen LogP contribution in [-0.4, -0.2) is 41.1 Å². The lowest BCUT2D eigenvalue weighted by Crippen LogP contribution is -2.41. The number of β-amino-alcohol motifs (C(OH)–C–C–N with tert-alkyl or cyclic N) is 1. The van der Waals surface area contributed by atoms with E-state index in [-0.39, 0.29) is 37.0 Å². The van der Waals surface area contributed by atoms with Crippen LogP contribution in [0.1, 0.15) is 49.3 Å². The molecule has 1 saturated carbocycles. The molecular formula is C18H23F3N2O2. The second-order valence-corrected chi connectivity index (χ2v) is 6.97. The number of halogens is 3. The molecule has 1 aromatic rings. The molecule has 0 aromatic heterocycles. The van der Waals surface area contributed by atoms with Gasteiger partial charge in [-0.2, -0.15) is 13.2 Å². The van der Waals surface area contributed by atoms with Crippen LogP contribution in [0.25, 0.3) is 0 Å². The van der Waals surface area contributed by atoms with E-state index in [0.717, 1.165) is 31.7 Å². The summed E-state index contributed by atoms with van der Waals surface area (Å²) in [6, 6.07) is 4.97. The molecule has 0 spiro atoms. The van der Waals surface area contributed by atoms with Crippen LogP contribution in [0.15, 0.2) is 24.3 Å². The Morgan fingerprint density at radius 2 is 1.92 bits per heavy atom.